The number of ether oxygens (including phenoxy) is 1. The molecule has 1 heterocycles. The fourth-order valence-electron chi connectivity index (χ4n) is 1.85. The van der Waals surface area contributed by atoms with Crippen molar-refractivity contribution in [2.24, 2.45) is 0 Å². The number of nitrogens with zero attached hydrogens (tertiary/aromatic N) is 1. The lowest BCUT2D eigenvalue weighted by Crippen LogP contribution is -2.03. The molecule has 0 saturated carbocycles. The van der Waals surface area contributed by atoms with Crippen molar-refractivity contribution in [2.45, 2.75) is 19.4 Å². The van der Waals surface area contributed by atoms with Crippen molar-refractivity contribution in [1.82, 2.24) is 4.98 Å². The van der Waals surface area contributed by atoms with Crippen molar-refractivity contribution < 1.29 is 9.84 Å². The van der Waals surface area contributed by atoms with E-state index in [1.165, 1.54) is 0 Å². The van der Waals surface area contributed by atoms with Crippen LogP contribution in [0.5, 0.6) is 5.75 Å². The van der Waals surface area contributed by atoms with Crippen molar-refractivity contribution >= 4 is 11.6 Å². The van der Waals surface area contributed by atoms with Crippen LogP contribution in [0.3, 0.4) is 0 Å². The third kappa shape index (κ3) is 3.69. The van der Waals surface area contributed by atoms with Crippen LogP contribution >= 0.6 is 11.6 Å². The average Bonchev–Trinajstić information content (AvgIpc) is 2.42. The highest BCUT2D eigenvalue weighted by atomic mass is 35.5. The summed E-state index contributed by atoms with van der Waals surface area (Å²) in [5, 5.41) is 10.9. The molecule has 0 aliphatic heterocycles. The Bertz CT molecular complexity index is 545. The first-order valence-corrected chi connectivity index (χ1v) is 6.57. The highest BCUT2D eigenvalue weighted by molar-refractivity contribution is 6.31. The minimum Gasteiger partial charge on any atom is -0.492 e. The number of aliphatic hydroxyl groups excluding tert-OH is 1. The van der Waals surface area contributed by atoms with E-state index in [0.29, 0.717) is 23.8 Å². The molecule has 0 amide bonds. The van der Waals surface area contributed by atoms with Gasteiger partial charge >= 0.3 is 0 Å². The molecule has 0 saturated heterocycles. The zero-order chi connectivity index (χ0) is 13.7. The second kappa shape index (κ2) is 6.55. The largest absolute Gasteiger partial charge is 0.492 e. The fourth-order valence-corrected chi connectivity index (χ4v) is 2.07. The Morgan fingerprint density at radius 3 is 2.84 bits per heavy atom. The van der Waals surface area contributed by atoms with Crippen LogP contribution in [0, 0.1) is 0 Å². The maximum atomic E-state index is 10.2. The summed E-state index contributed by atoms with van der Waals surface area (Å²) in [6, 6.07) is 9.31. The van der Waals surface area contributed by atoms with Crippen molar-refractivity contribution in [2.75, 3.05) is 6.61 Å². The van der Waals surface area contributed by atoms with Gasteiger partial charge in [0.1, 0.15) is 5.75 Å². The summed E-state index contributed by atoms with van der Waals surface area (Å²) >= 11 is 6.09. The van der Waals surface area contributed by atoms with Gasteiger partial charge in [-0.25, -0.2) is 0 Å². The molecule has 0 aliphatic carbocycles. The van der Waals surface area contributed by atoms with Crippen LogP contribution in [0.25, 0.3) is 0 Å². The van der Waals surface area contributed by atoms with E-state index < -0.39 is 6.10 Å². The second-order valence-electron chi connectivity index (χ2n) is 4.20. The fraction of sp³-hybridized carbons (Fsp3) is 0.267. The average molecular weight is 278 g/mol. The Morgan fingerprint density at radius 2 is 2.11 bits per heavy atom. The third-order valence-corrected chi connectivity index (χ3v) is 3.17. The SMILES string of the molecule is CCOc1cncc(C(O)Cc2ccccc2Cl)c1. The molecule has 1 N–H and O–H groups in total. The van der Waals surface area contributed by atoms with Gasteiger partial charge in [-0.05, 0) is 24.6 Å². The summed E-state index contributed by atoms with van der Waals surface area (Å²) in [4.78, 5) is 4.07. The second-order valence-corrected chi connectivity index (χ2v) is 4.61. The molecule has 0 aliphatic rings. The first-order chi connectivity index (χ1) is 9.20. The Balaban J connectivity index is 2.13. The van der Waals surface area contributed by atoms with Crippen LogP contribution in [-0.2, 0) is 6.42 Å². The highest BCUT2D eigenvalue weighted by Gasteiger charge is 2.12. The number of hydrogen-bond acceptors (Lipinski definition) is 3. The quantitative estimate of drug-likeness (QED) is 0.911. The molecule has 0 fully saturated rings. The van der Waals surface area contributed by atoms with E-state index in [9.17, 15) is 5.11 Å². The molecule has 2 rings (SSSR count). The zero-order valence-corrected chi connectivity index (χ0v) is 11.5. The normalized spacial score (nSPS) is 12.2. The molecule has 1 unspecified atom stereocenters. The predicted molar refractivity (Wildman–Crippen MR) is 75.5 cm³/mol. The molecular formula is C15H16ClNO2. The van der Waals surface area contributed by atoms with E-state index in [2.05, 4.69) is 4.98 Å². The molecule has 0 radical (unpaired) electrons. The molecule has 0 spiro atoms. The summed E-state index contributed by atoms with van der Waals surface area (Å²) in [5.74, 6) is 0.665. The van der Waals surface area contributed by atoms with Crippen molar-refractivity contribution in [3.05, 3.63) is 58.9 Å². The molecule has 19 heavy (non-hydrogen) atoms. The Hall–Kier alpha value is -1.58. The first-order valence-electron chi connectivity index (χ1n) is 6.20. The third-order valence-electron chi connectivity index (χ3n) is 2.80. The van der Waals surface area contributed by atoms with Gasteiger partial charge in [-0.1, -0.05) is 29.8 Å². The molecule has 0 bridgehead atoms. The number of pyridine rings is 1. The van der Waals surface area contributed by atoms with Gasteiger partial charge in [0.05, 0.1) is 18.9 Å². The van der Waals surface area contributed by atoms with Gasteiger partial charge in [0.25, 0.3) is 0 Å². The van der Waals surface area contributed by atoms with E-state index in [1.54, 1.807) is 18.5 Å². The van der Waals surface area contributed by atoms with Gasteiger partial charge < -0.3 is 9.84 Å². The highest BCUT2D eigenvalue weighted by Crippen LogP contribution is 2.24. The number of aromatic nitrogens is 1. The number of benzene rings is 1. The van der Waals surface area contributed by atoms with Gasteiger partial charge in [-0.15, -0.1) is 0 Å². The topological polar surface area (TPSA) is 42.4 Å². The van der Waals surface area contributed by atoms with E-state index in [0.717, 1.165) is 11.1 Å². The number of halogens is 1. The molecule has 1 aromatic heterocycles. The molecule has 2 aromatic rings. The van der Waals surface area contributed by atoms with Crippen LogP contribution in [0.15, 0.2) is 42.7 Å². The lowest BCUT2D eigenvalue weighted by molar-refractivity contribution is 0.177. The van der Waals surface area contributed by atoms with Crippen molar-refractivity contribution in [1.29, 1.82) is 0 Å². The van der Waals surface area contributed by atoms with Crippen LogP contribution < -0.4 is 4.74 Å². The summed E-state index contributed by atoms with van der Waals surface area (Å²) < 4.78 is 5.37. The smallest absolute Gasteiger partial charge is 0.137 e. The van der Waals surface area contributed by atoms with Crippen LogP contribution in [0.2, 0.25) is 5.02 Å². The van der Waals surface area contributed by atoms with Gasteiger partial charge in [-0.2, -0.15) is 0 Å². The Kier molecular flexibility index (Phi) is 4.77. The van der Waals surface area contributed by atoms with E-state index in [1.807, 2.05) is 31.2 Å². The van der Waals surface area contributed by atoms with E-state index in [4.69, 9.17) is 16.3 Å². The Labute approximate surface area is 117 Å². The molecule has 3 nitrogen and oxygen atoms in total. The van der Waals surface area contributed by atoms with Gasteiger partial charge in [0, 0.05) is 23.2 Å². The molecule has 100 valence electrons. The summed E-state index contributed by atoms with van der Waals surface area (Å²) in [6.07, 6.45) is 3.09. The Morgan fingerprint density at radius 1 is 1.32 bits per heavy atom. The minimum absolute atomic E-state index is 0.455. The summed E-state index contributed by atoms with van der Waals surface area (Å²) in [5.41, 5.74) is 1.64. The van der Waals surface area contributed by atoms with Crippen molar-refractivity contribution in [3.8, 4) is 5.75 Å². The maximum absolute atomic E-state index is 10.2. The number of aliphatic hydroxyl groups is 1. The van der Waals surface area contributed by atoms with Crippen LogP contribution in [0.1, 0.15) is 24.2 Å². The zero-order valence-electron chi connectivity index (χ0n) is 10.7. The summed E-state index contributed by atoms with van der Waals surface area (Å²) in [7, 11) is 0. The number of hydrogen-bond donors (Lipinski definition) is 1. The number of rotatable bonds is 5. The van der Waals surface area contributed by atoms with E-state index >= 15 is 0 Å². The minimum atomic E-state index is -0.646. The monoisotopic (exact) mass is 277 g/mol. The van der Waals surface area contributed by atoms with Gasteiger partial charge in [-0.3, -0.25) is 4.98 Å². The molecular weight excluding hydrogens is 262 g/mol. The maximum Gasteiger partial charge on any atom is 0.137 e. The first kappa shape index (κ1) is 13.8. The van der Waals surface area contributed by atoms with Gasteiger partial charge in [0.15, 0.2) is 0 Å². The van der Waals surface area contributed by atoms with Crippen LogP contribution in [-0.4, -0.2) is 16.7 Å². The molecule has 1 atom stereocenters. The van der Waals surface area contributed by atoms with Crippen molar-refractivity contribution in [3.63, 3.8) is 0 Å². The standard InChI is InChI=1S/C15H16ClNO2/c1-2-19-13-7-12(9-17-10-13)15(18)8-11-5-3-4-6-14(11)16/h3-7,9-10,15,18H,2,8H2,1H3. The predicted octanol–water partition coefficient (Wildman–Crippen LogP) is 3.41. The van der Waals surface area contributed by atoms with E-state index in [-0.39, 0.29) is 0 Å². The molecule has 1 aromatic carbocycles. The summed E-state index contributed by atoms with van der Waals surface area (Å²) in [6.45, 7) is 2.48. The lowest BCUT2D eigenvalue weighted by Gasteiger charge is -2.13. The lowest BCUT2D eigenvalue weighted by atomic mass is 10.0. The van der Waals surface area contributed by atoms with Gasteiger partial charge in [0.2, 0.25) is 0 Å². The van der Waals surface area contributed by atoms with Crippen LogP contribution in [0.4, 0.5) is 0 Å². The molecule has 4 heteroatoms.